The summed E-state index contributed by atoms with van der Waals surface area (Å²) in [4.78, 5) is 25.0. The summed E-state index contributed by atoms with van der Waals surface area (Å²) in [6, 6.07) is 12.9. The second kappa shape index (κ2) is 8.27. The summed E-state index contributed by atoms with van der Waals surface area (Å²) in [6.07, 6.45) is -0.361. The van der Waals surface area contributed by atoms with Crippen molar-refractivity contribution in [1.82, 2.24) is 10.2 Å². The molecule has 1 saturated heterocycles. The SMILES string of the molecule is O=C(NC(c1cccc(Cl)c1)N1CCOCC1)c1ccc([N+](=O)[O-])cc1. The second-order valence-electron chi connectivity index (χ2n) is 5.88. The molecular weight excluding hydrogens is 358 g/mol. The fraction of sp³-hybridized carbons (Fsp3) is 0.278. The molecule has 1 fully saturated rings. The van der Waals surface area contributed by atoms with Gasteiger partial charge in [0.05, 0.1) is 18.1 Å². The van der Waals surface area contributed by atoms with Crippen molar-refractivity contribution in [3.63, 3.8) is 0 Å². The van der Waals surface area contributed by atoms with Gasteiger partial charge in [0.1, 0.15) is 6.17 Å². The van der Waals surface area contributed by atoms with Crippen molar-refractivity contribution >= 4 is 23.2 Å². The Labute approximate surface area is 155 Å². The van der Waals surface area contributed by atoms with Crippen LogP contribution in [-0.4, -0.2) is 42.0 Å². The minimum Gasteiger partial charge on any atom is -0.379 e. The smallest absolute Gasteiger partial charge is 0.269 e. The normalized spacial score (nSPS) is 16.0. The van der Waals surface area contributed by atoms with Crippen molar-refractivity contribution in [2.45, 2.75) is 6.17 Å². The molecule has 1 atom stereocenters. The van der Waals surface area contributed by atoms with Crippen LogP contribution in [0.4, 0.5) is 5.69 Å². The van der Waals surface area contributed by atoms with Gasteiger partial charge in [-0.3, -0.25) is 19.8 Å². The van der Waals surface area contributed by atoms with Crippen molar-refractivity contribution < 1.29 is 14.5 Å². The first-order valence-corrected chi connectivity index (χ1v) is 8.55. The summed E-state index contributed by atoms with van der Waals surface area (Å²) in [5.41, 5.74) is 1.17. The number of amides is 1. The molecule has 26 heavy (non-hydrogen) atoms. The molecule has 0 saturated carbocycles. The summed E-state index contributed by atoms with van der Waals surface area (Å²) in [7, 11) is 0. The first-order valence-electron chi connectivity index (χ1n) is 8.17. The van der Waals surface area contributed by atoms with Gasteiger partial charge in [0.2, 0.25) is 0 Å². The van der Waals surface area contributed by atoms with Crippen molar-refractivity contribution in [2.24, 2.45) is 0 Å². The molecule has 0 aromatic heterocycles. The summed E-state index contributed by atoms with van der Waals surface area (Å²) >= 11 is 6.11. The Bertz CT molecular complexity index is 791. The first-order chi connectivity index (χ1) is 12.5. The zero-order chi connectivity index (χ0) is 18.5. The van der Waals surface area contributed by atoms with Crippen LogP contribution in [0.5, 0.6) is 0 Å². The third-order valence-electron chi connectivity index (χ3n) is 4.18. The van der Waals surface area contributed by atoms with Crippen molar-refractivity contribution in [3.05, 3.63) is 74.8 Å². The number of nitrogens with zero attached hydrogens (tertiary/aromatic N) is 2. The van der Waals surface area contributed by atoms with Crippen LogP contribution < -0.4 is 5.32 Å². The monoisotopic (exact) mass is 375 g/mol. The highest BCUT2D eigenvalue weighted by Crippen LogP contribution is 2.23. The van der Waals surface area contributed by atoms with Crippen LogP contribution in [0.15, 0.2) is 48.5 Å². The predicted molar refractivity (Wildman–Crippen MR) is 97.1 cm³/mol. The van der Waals surface area contributed by atoms with Gasteiger partial charge in [0.15, 0.2) is 0 Å². The van der Waals surface area contributed by atoms with E-state index in [4.69, 9.17) is 16.3 Å². The van der Waals surface area contributed by atoms with Gasteiger partial charge in [0.25, 0.3) is 11.6 Å². The Balaban J connectivity index is 1.82. The molecule has 0 aliphatic carbocycles. The number of ether oxygens (including phenoxy) is 1. The molecule has 0 bridgehead atoms. The maximum Gasteiger partial charge on any atom is 0.269 e. The van der Waals surface area contributed by atoms with Crippen LogP contribution in [-0.2, 0) is 4.74 Å². The number of carbonyl (C=O) groups is 1. The summed E-state index contributed by atoms with van der Waals surface area (Å²) in [5, 5.41) is 14.3. The van der Waals surface area contributed by atoms with E-state index in [1.807, 2.05) is 18.2 Å². The van der Waals surface area contributed by atoms with Crippen LogP contribution >= 0.6 is 11.6 Å². The van der Waals surface area contributed by atoms with Crippen LogP contribution in [0.2, 0.25) is 5.02 Å². The number of rotatable bonds is 5. The van der Waals surface area contributed by atoms with E-state index in [0.29, 0.717) is 36.9 Å². The molecule has 8 heteroatoms. The van der Waals surface area contributed by atoms with Gasteiger partial charge in [-0.05, 0) is 29.8 Å². The topological polar surface area (TPSA) is 84.7 Å². The highest BCUT2D eigenvalue weighted by atomic mass is 35.5. The number of carbonyl (C=O) groups excluding carboxylic acids is 1. The van der Waals surface area contributed by atoms with Gasteiger partial charge in [-0.25, -0.2) is 0 Å². The number of morpholine rings is 1. The predicted octanol–water partition coefficient (Wildman–Crippen LogP) is 3.01. The zero-order valence-electron chi connectivity index (χ0n) is 13.9. The maximum absolute atomic E-state index is 12.7. The average Bonchev–Trinajstić information content (AvgIpc) is 2.66. The number of nitro groups is 1. The van der Waals surface area contributed by atoms with E-state index in [9.17, 15) is 14.9 Å². The van der Waals surface area contributed by atoms with E-state index in [1.165, 1.54) is 24.3 Å². The van der Waals surface area contributed by atoms with Crippen LogP contribution in [0.1, 0.15) is 22.1 Å². The van der Waals surface area contributed by atoms with Gasteiger partial charge in [-0.2, -0.15) is 0 Å². The standard InChI is InChI=1S/C18H18ClN3O4/c19-15-3-1-2-14(12-15)17(21-8-10-26-11-9-21)20-18(23)13-4-6-16(7-5-13)22(24)25/h1-7,12,17H,8-11H2,(H,20,23). The minimum atomic E-state index is -0.496. The Hall–Kier alpha value is -2.48. The average molecular weight is 376 g/mol. The minimum absolute atomic E-state index is 0.0545. The Morgan fingerprint density at radius 3 is 2.50 bits per heavy atom. The number of halogens is 1. The van der Waals surface area contributed by atoms with Gasteiger partial charge in [-0.15, -0.1) is 0 Å². The van der Waals surface area contributed by atoms with Crippen molar-refractivity contribution in [1.29, 1.82) is 0 Å². The highest BCUT2D eigenvalue weighted by Gasteiger charge is 2.25. The van der Waals surface area contributed by atoms with Crippen LogP contribution in [0.3, 0.4) is 0 Å². The quantitative estimate of drug-likeness (QED) is 0.641. The van der Waals surface area contributed by atoms with Gasteiger partial charge < -0.3 is 10.1 Å². The molecule has 0 spiro atoms. The van der Waals surface area contributed by atoms with E-state index < -0.39 is 4.92 Å². The lowest BCUT2D eigenvalue weighted by Crippen LogP contribution is -2.46. The lowest BCUT2D eigenvalue weighted by atomic mass is 10.1. The third kappa shape index (κ3) is 4.37. The maximum atomic E-state index is 12.7. The van der Waals surface area contributed by atoms with Crippen LogP contribution in [0, 0.1) is 10.1 Å². The van der Waals surface area contributed by atoms with E-state index in [-0.39, 0.29) is 17.8 Å². The van der Waals surface area contributed by atoms with Gasteiger partial charge in [-0.1, -0.05) is 23.7 Å². The zero-order valence-corrected chi connectivity index (χ0v) is 14.7. The lowest BCUT2D eigenvalue weighted by Gasteiger charge is -2.35. The Morgan fingerprint density at radius 2 is 1.88 bits per heavy atom. The molecule has 136 valence electrons. The first kappa shape index (κ1) is 18.3. The van der Waals surface area contributed by atoms with E-state index in [1.54, 1.807) is 6.07 Å². The Morgan fingerprint density at radius 1 is 1.19 bits per heavy atom. The molecule has 1 unspecified atom stereocenters. The molecule has 2 aromatic rings. The lowest BCUT2D eigenvalue weighted by molar-refractivity contribution is -0.384. The molecule has 1 aliphatic rings. The molecule has 7 nitrogen and oxygen atoms in total. The summed E-state index contributed by atoms with van der Waals surface area (Å²) < 4.78 is 5.39. The molecule has 1 amide bonds. The largest absolute Gasteiger partial charge is 0.379 e. The molecule has 1 aliphatic heterocycles. The second-order valence-corrected chi connectivity index (χ2v) is 6.32. The molecule has 2 aromatic carbocycles. The van der Waals surface area contributed by atoms with Crippen molar-refractivity contribution in [3.8, 4) is 0 Å². The number of nitrogens with one attached hydrogen (secondary N) is 1. The van der Waals surface area contributed by atoms with Crippen molar-refractivity contribution in [2.75, 3.05) is 26.3 Å². The number of nitro benzene ring substituents is 1. The summed E-state index contributed by atoms with van der Waals surface area (Å²) in [5.74, 6) is -0.309. The van der Waals surface area contributed by atoms with Gasteiger partial charge >= 0.3 is 0 Å². The highest BCUT2D eigenvalue weighted by molar-refractivity contribution is 6.30. The third-order valence-corrected chi connectivity index (χ3v) is 4.42. The van der Waals surface area contributed by atoms with E-state index in [2.05, 4.69) is 10.2 Å². The van der Waals surface area contributed by atoms with E-state index >= 15 is 0 Å². The number of benzene rings is 2. The summed E-state index contributed by atoms with van der Waals surface area (Å²) in [6.45, 7) is 2.53. The van der Waals surface area contributed by atoms with Gasteiger partial charge in [0, 0.05) is 35.8 Å². The molecule has 1 heterocycles. The molecule has 1 N–H and O–H groups in total. The number of non-ortho nitro benzene ring substituents is 1. The van der Waals surface area contributed by atoms with Crippen LogP contribution in [0.25, 0.3) is 0 Å². The van der Waals surface area contributed by atoms with E-state index in [0.717, 1.165) is 5.56 Å². The number of hydrogen-bond acceptors (Lipinski definition) is 5. The Kier molecular flexibility index (Phi) is 5.82. The fourth-order valence-corrected chi connectivity index (χ4v) is 3.04. The molecule has 0 radical (unpaired) electrons. The molecule has 3 rings (SSSR count). The fourth-order valence-electron chi connectivity index (χ4n) is 2.84. The molecular formula is C18H18ClN3O4. The number of hydrogen-bond donors (Lipinski definition) is 1.